The van der Waals surface area contributed by atoms with Crippen molar-refractivity contribution in [1.82, 2.24) is 10.2 Å². The number of terminal acetylenes is 1. The molecule has 0 aliphatic rings. The molecule has 0 aliphatic carbocycles. The molecule has 0 aliphatic heterocycles. The summed E-state index contributed by atoms with van der Waals surface area (Å²) in [6.45, 7) is 9.40. The minimum atomic E-state index is 0.227. The summed E-state index contributed by atoms with van der Waals surface area (Å²) in [5.74, 6) is 2.63. The largest absolute Gasteiger partial charge is 0.312 e. The molecule has 0 unspecified atom stereocenters. The highest BCUT2D eigenvalue weighted by Crippen LogP contribution is 1.98. The van der Waals surface area contributed by atoms with Crippen LogP contribution in [-0.2, 0) is 0 Å². The minimum absolute atomic E-state index is 0.227. The van der Waals surface area contributed by atoms with Crippen LogP contribution >= 0.6 is 0 Å². The molecule has 0 atom stereocenters. The Labute approximate surface area is 82.7 Å². The summed E-state index contributed by atoms with van der Waals surface area (Å²) in [5, 5.41) is 3.44. The fraction of sp³-hybridized carbons (Fsp3) is 0.818. The van der Waals surface area contributed by atoms with Gasteiger partial charge in [0.15, 0.2) is 0 Å². The molecule has 0 heterocycles. The normalized spacial score (nSPS) is 11.7. The van der Waals surface area contributed by atoms with Crippen molar-refractivity contribution >= 4 is 0 Å². The summed E-state index contributed by atoms with van der Waals surface area (Å²) in [6.07, 6.45) is 6.34. The second kappa shape index (κ2) is 6.01. The van der Waals surface area contributed by atoms with Gasteiger partial charge in [0.2, 0.25) is 0 Å². The van der Waals surface area contributed by atoms with Gasteiger partial charge in [-0.1, -0.05) is 5.92 Å². The molecule has 0 amide bonds. The van der Waals surface area contributed by atoms with E-state index in [0.717, 1.165) is 26.1 Å². The number of rotatable bonds is 5. The van der Waals surface area contributed by atoms with E-state index in [9.17, 15) is 0 Å². The van der Waals surface area contributed by atoms with Crippen LogP contribution in [0.25, 0.3) is 0 Å². The van der Waals surface area contributed by atoms with Gasteiger partial charge in [-0.15, -0.1) is 6.42 Å². The molecular formula is C11H22N2. The van der Waals surface area contributed by atoms with Crippen molar-refractivity contribution in [1.29, 1.82) is 0 Å². The van der Waals surface area contributed by atoms with E-state index in [4.69, 9.17) is 6.42 Å². The maximum absolute atomic E-state index is 5.20. The SMILES string of the molecule is C#CCN(C)CCCNC(C)(C)C. The van der Waals surface area contributed by atoms with Gasteiger partial charge in [0, 0.05) is 5.54 Å². The van der Waals surface area contributed by atoms with Crippen LogP contribution in [0.2, 0.25) is 0 Å². The first-order valence-electron chi connectivity index (χ1n) is 4.83. The van der Waals surface area contributed by atoms with Gasteiger partial charge in [-0.25, -0.2) is 0 Å². The van der Waals surface area contributed by atoms with E-state index in [1.807, 2.05) is 0 Å². The molecule has 0 aromatic heterocycles. The molecule has 0 spiro atoms. The topological polar surface area (TPSA) is 15.3 Å². The average Bonchev–Trinajstić information content (AvgIpc) is 1.97. The maximum Gasteiger partial charge on any atom is 0.0596 e. The van der Waals surface area contributed by atoms with E-state index in [2.05, 4.69) is 44.0 Å². The summed E-state index contributed by atoms with van der Waals surface area (Å²) in [4.78, 5) is 2.16. The van der Waals surface area contributed by atoms with Gasteiger partial charge in [0.25, 0.3) is 0 Å². The van der Waals surface area contributed by atoms with E-state index in [0.29, 0.717) is 0 Å². The molecule has 0 bridgehead atoms. The zero-order chi connectivity index (χ0) is 10.3. The standard InChI is InChI=1S/C11H22N2/c1-6-9-13(5)10-7-8-12-11(2,3)4/h1,12H,7-10H2,2-5H3. The van der Waals surface area contributed by atoms with E-state index in [1.54, 1.807) is 0 Å². The Kier molecular flexibility index (Phi) is 5.77. The third kappa shape index (κ3) is 9.39. The molecule has 0 saturated heterocycles. The van der Waals surface area contributed by atoms with Crippen molar-refractivity contribution in [2.45, 2.75) is 32.7 Å². The minimum Gasteiger partial charge on any atom is -0.312 e. The van der Waals surface area contributed by atoms with Crippen LogP contribution in [0.15, 0.2) is 0 Å². The predicted molar refractivity (Wildman–Crippen MR) is 58.7 cm³/mol. The molecule has 0 aromatic carbocycles. The first-order chi connectivity index (χ1) is 5.95. The maximum atomic E-state index is 5.20. The van der Waals surface area contributed by atoms with Gasteiger partial charge in [0.1, 0.15) is 0 Å². The summed E-state index contributed by atoms with van der Waals surface area (Å²) >= 11 is 0. The number of nitrogens with one attached hydrogen (secondary N) is 1. The van der Waals surface area contributed by atoms with Gasteiger partial charge < -0.3 is 5.32 Å². The zero-order valence-electron chi connectivity index (χ0n) is 9.35. The van der Waals surface area contributed by atoms with E-state index in [1.165, 1.54) is 0 Å². The summed E-state index contributed by atoms with van der Waals surface area (Å²) in [6, 6.07) is 0. The van der Waals surface area contributed by atoms with Gasteiger partial charge >= 0.3 is 0 Å². The summed E-state index contributed by atoms with van der Waals surface area (Å²) in [5.41, 5.74) is 0.227. The average molecular weight is 182 g/mol. The van der Waals surface area contributed by atoms with Gasteiger partial charge in [0.05, 0.1) is 6.54 Å². The number of nitrogens with zero attached hydrogens (tertiary/aromatic N) is 1. The molecular weight excluding hydrogens is 160 g/mol. The third-order valence-corrected chi connectivity index (χ3v) is 1.73. The highest BCUT2D eigenvalue weighted by atomic mass is 15.1. The Bertz CT molecular complexity index is 162. The predicted octanol–water partition coefficient (Wildman–Crippen LogP) is 1.33. The molecule has 0 rings (SSSR count). The van der Waals surface area contributed by atoms with Crippen LogP contribution < -0.4 is 5.32 Å². The summed E-state index contributed by atoms with van der Waals surface area (Å²) < 4.78 is 0. The zero-order valence-corrected chi connectivity index (χ0v) is 9.35. The van der Waals surface area contributed by atoms with Crippen molar-refractivity contribution in [3.8, 4) is 12.3 Å². The fourth-order valence-electron chi connectivity index (χ4n) is 1.05. The van der Waals surface area contributed by atoms with Crippen molar-refractivity contribution in [2.24, 2.45) is 0 Å². The van der Waals surface area contributed by atoms with E-state index in [-0.39, 0.29) is 5.54 Å². The van der Waals surface area contributed by atoms with Crippen LogP contribution in [0.1, 0.15) is 27.2 Å². The van der Waals surface area contributed by atoms with E-state index < -0.39 is 0 Å². The van der Waals surface area contributed by atoms with E-state index >= 15 is 0 Å². The molecule has 0 radical (unpaired) electrons. The lowest BCUT2D eigenvalue weighted by Crippen LogP contribution is -2.37. The van der Waals surface area contributed by atoms with Crippen LogP contribution in [0.4, 0.5) is 0 Å². The number of hydrogen-bond donors (Lipinski definition) is 1. The Morgan fingerprint density at radius 2 is 2.00 bits per heavy atom. The molecule has 2 nitrogen and oxygen atoms in total. The lowest BCUT2D eigenvalue weighted by Gasteiger charge is -2.21. The Balaban J connectivity index is 3.32. The Morgan fingerprint density at radius 3 is 2.46 bits per heavy atom. The Hall–Kier alpha value is -0.520. The lowest BCUT2D eigenvalue weighted by molar-refractivity contribution is 0.346. The molecule has 13 heavy (non-hydrogen) atoms. The quantitative estimate of drug-likeness (QED) is 0.510. The van der Waals surface area contributed by atoms with Crippen LogP contribution in [0, 0.1) is 12.3 Å². The van der Waals surface area contributed by atoms with Gasteiger partial charge in [-0.2, -0.15) is 0 Å². The van der Waals surface area contributed by atoms with Crippen LogP contribution in [0.3, 0.4) is 0 Å². The van der Waals surface area contributed by atoms with Crippen molar-refractivity contribution < 1.29 is 0 Å². The highest BCUT2D eigenvalue weighted by molar-refractivity contribution is 4.87. The molecule has 0 saturated carbocycles. The molecule has 0 fully saturated rings. The summed E-state index contributed by atoms with van der Waals surface area (Å²) in [7, 11) is 2.05. The first-order valence-corrected chi connectivity index (χ1v) is 4.83. The van der Waals surface area contributed by atoms with Gasteiger partial charge in [-0.05, 0) is 47.3 Å². The van der Waals surface area contributed by atoms with Crippen LogP contribution in [0.5, 0.6) is 0 Å². The lowest BCUT2D eigenvalue weighted by atomic mass is 10.1. The van der Waals surface area contributed by atoms with Crippen molar-refractivity contribution in [3.63, 3.8) is 0 Å². The first kappa shape index (κ1) is 12.5. The smallest absolute Gasteiger partial charge is 0.0596 e. The van der Waals surface area contributed by atoms with Crippen LogP contribution in [-0.4, -0.2) is 37.1 Å². The molecule has 76 valence electrons. The Morgan fingerprint density at radius 1 is 1.38 bits per heavy atom. The second-order valence-electron chi connectivity index (χ2n) is 4.47. The fourth-order valence-corrected chi connectivity index (χ4v) is 1.05. The third-order valence-electron chi connectivity index (χ3n) is 1.73. The monoisotopic (exact) mass is 182 g/mol. The molecule has 0 aromatic rings. The molecule has 1 N–H and O–H groups in total. The second-order valence-corrected chi connectivity index (χ2v) is 4.47. The molecule has 2 heteroatoms. The van der Waals surface area contributed by atoms with Crippen molar-refractivity contribution in [2.75, 3.05) is 26.7 Å². The highest BCUT2D eigenvalue weighted by Gasteiger charge is 2.07. The van der Waals surface area contributed by atoms with Crippen molar-refractivity contribution in [3.05, 3.63) is 0 Å². The van der Waals surface area contributed by atoms with Gasteiger partial charge in [-0.3, -0.25) is 4.90 Å². The number of hydrogen-bond acceptors (Lipinski definition) is 2.